The van der Waals surface area contributed by atoms with Gasteiger partial charge in [-0.1, -0.05) is 24.8 Å². The Morgan fingerprint density at radius 2 is 1.69 bits per heavy atom. The fraction of sp³-hybridized carbons (Fsp3) is 0.367. The van der Waals surface area contributed by atoms with Crippen LogP contribution >= 0.6 is 0 Å². The minimum atomic E-state index is -1.11. The number of rotatable bonds is 14. The number of halogens is 1. The standard InChI is InChI=1S/C49H54FN11O6/c1-5-44(62)52-37-26-38(54-49-51-15-12-36(53-49)34-29-57(3)39-9-7-6-8-31(34)39)43(67-4)27-42(37)56(2)18-19-58-16-13-30(14-17-58)28-59-20-22-60(23-21-59)41-25-33-32(24-35(41)50)47(65)61(48(33)66)40-10-11-45(63)55-46(40)64/h5-9,12,15,24-27,29-30,40H,1,10-11,13-14,16-23,28H2,2-4H3,(H,52,62)(H,51,53,54)(H,55,63,64). The van der Waals surface area contributed by atoms with E-state index in [-0.39, 0.29) is 35.6 Å². The van der Waals surface area contributed by atoms with Gasteiger partial charge in [-0.3, -0.25) is 39.1 Å². The Labute approximate surface area is 387 Å². The van der Waals surface area contributed by atoms with E-state index in [9.17, 15) is 24.0 Å². The average molecular weight is 912 g/mol. The number of carbonyl (C=O) groups excluding carboxylic acids is 5. The predicted octanol–water partition coefficient (Wildman–Crippen LogP) is 5.02. The van der Waals surface area contributed by atoms with E-state index in [1.54, 1.807) is 13.3 Å². The van der Waals surface area contributed by atoms with Crippen molar-refractivity contribution in [3.8, 4) is 17.0 Å². The van der Waals surface area contributed by atoms with Crippen LogP contribution in [0.25, 0.3) is 22.2 Å². The van der Waals surface area contributed by atoms with Gasteiger partial charge in [0, 0.05) is 101 Å². The van der Waals surface area contributed by atoms with Crippen LogP contribution in [0.1, 0.15) is 46.4 Å². The van der Waals surface area contributed by atoms with E-state index in [1.165, 1.54) is 12.1 Å². The zero-order valence-corrected chi connectivity index (χ0v) is 37.9. The van der Waals surface area contributed by atoms with Crippen molar-refractivity contribution in [1.29, 1.82) is 0 Å². The van der Waals surface area contributed by atoms with Crippen molar-refractivity contribution in [1.82, 2.24) is 34.6 Å². The number of carbonyl (C=O) groups is 5. The number of aromatic nitrogens is 3. The van der Waals surface area contributed by atoms with Crippen LogP contribution < -0.4 is 30.5 Å². The smallest absolute Gasteiger partial charge is 0.262 e. The molecular weight excluding hydrogens is 858 g/mol. The average Bonchev–Trinajstić information content (AvgIpc) is 3.79. The van der Waals surface area contributed by atoms with E-state index in [1.807, 2.05) is 49.3 Å². The van der Waals surface area contributed by atoms with E-state index >= 15 is 4.39 Å². The number of hydrogen-bond donors (Lipinski definition) is 3. The molecule has 348 valence electrons. The number of aryl methyl sites for hydroxylation is 1. The molecule has 9 rings (SSSR count). The van der Waals surface area contributed by atoms with Crippen LogP contribution in [0.5, 0.6) is 5.75 Å². The second kappa shape index (κ2) is 19.0. The summed E-state index contributed by atoms with van der Waals surface area (Å²) in [5, 5.41) is 9.57. The van der Waals surface area contributed by atoms with Crippen molar-refractivity contribution >= 4 is 69.1 Å². The monoisotopic (exact) mass is 911 g/mol. The Bertz CT molecular complexity index is 2780. The van der Waals surface area contributed by atoms with Gasteiger partial charge in [-0.05, 0) is 74.7 Å². The second-order valence-corrected chi connectivity index (χ2v) is 17.6. The number of imide groups is 2. The highest BCUT2D eigenvalue weighted by Crippen LogP contribution is 2.39. The van der Waals surface area contributed by atoms with E-state index in [0.29, 0.717) is 48.6 Å². The molecule has 3 fully saturated rings. The first kappa shape index (κ1) is 45.0. The molecule has 2 aromatic heterocycles. The maximum atomic E-state index is 15.5. The summed E-state index contributed by atoms with van der Waals surface area (Å²) in [4.78, 5) is 82.5. The Morgan fingerprint density at radius 3 is 2.42 bits per heavy atom. The van der Waals surface area contributed by atoms with Gasteiger partial charge in [-0.2, -0.15) is 0 Å². The van der Waals surface area contributed by atoms with Crippen molar-refractivity contribution in [2.24, 2.45) is 13.0 Å². The molecule has 67 heavy (non-hydrogen) atoms. The van der Waals surface area contributed by atoms with Crippen molar-refractivity contribution < 1.29 is 33.1 Å². The molecule has 17 nitrogen and oxygen atoms in total. The number of likely N-dealkylation sites (tertiary alicyclic amines) is 1. The number of piperidine rings is 2. The van der Waals surface area contributed by atoms with Gasteiger partial charge in [0.2, 0.25) is 23.7 Å². The van der Waals surface area contributed by atoms with E-state index < -0.39 is 35.5 Å². The predicted molar refractivity (Wildman–Crippen MR) is 253 cm³/mol. The quantitative estimate of drug-likeness (QED) is 0.100. The fourth-order valence-electron chi connectivity index (χ4n) is 9.73. The molecule has 0 spiro atoms. The summed E-state index contributed by atoms with van der Waals surface area (Å²) in [5.41, 5.74) is 5.07. The minimum absolute atomic E-state index is 0.0130. The third-order valence-corrected chi connectivity index (χ3v) is 13.4. The van der Waals surface area contributed by atoms with E-state index in [4.69, 9.17) is 9.72 Å². The molecule has 0 radical (unpaired) electrons. The number of anilines is 5. The lowest BCUT2D eigenvalue weighted by Gasteiger charge is -2.40. The van der Waals surface area contributed by atoms with Crippen molar-refractivity contribution in [2.75, 3.05) is 93.5 Å². The summed E-state index contributed by atoms with van der Waals surface area (Å²) >= 11 is 0. The number of nitrogens with zero attached hydrogens (tertiary/aromatic N) is 8. The van der Waals surface area contributed by atoms with E-state index in [0.717, 1.165) is 90.9 Å². The Hall–Kier alpha value is -7.18. The zero-order valence-electron chi connectivity index (χ0n) is 37.9. The number of ether oxygens (including phenoxy) is 1. The topological polar surface area (TPSA) is 178 Å². The fourth-order valence-corrected chi connectivity index (χ4v) is 9.73. The SMILES string of the molecule is C=CC(=O)Nc1cc(Nc2nccc(-c3cn(C)c4ccccc34)n2)c(OC)cc1N(C)CCN1CCC(CN2CCN(c3cc4c(cc3F)C(=O)N(C3CCC(=O)NC3=O)C4=O)CC2)CC1. The van der Waals surface area contributed by atoms with Crippen LogP contribution in [0.2, 0.25) is 0 Å². The van der Waals surface area contributed by atoms with Crippen molar-refractivity contribution in [3.05, 3.63) is 96.6 Å². The molecular formula is C49H54FN11O6. The molecule has 0 aliphatic carbocycles. The molecule has 0 saturated carbocycles. The van der Waals surface area contributed by atoms with Gasteiger partial charge < -0.3 is 34.6 Å². The second-order valence-electron chi connectivity index (χ2n) is 17.6. The number of para-hydroxylation sites is 1. The van der Waals surface area contributed by atoms with Gasteiger partial charge in [-0.25, -0.2) is 14.4 Å². The summed E-state index contributed by atoms with van der Waals surface area (Å²) in [5.74, 6) is -2.01. The lowest BCUT2D eigenvalue weighted by atomic mass is 9.96. The van der Waals surface area contributed by atoms with Crippen molar-refractivity contribution in [2.45, 2.75) is 31.7 Å². The minimum Gasteiger partial charge on any atom is -0.494 e. The Kier molecular flexibility index (Phi) is 12.7. The van der Waals surface area contributed by atoms with Crippen LogP contribution in [0.15, 0.2) is 79.6 Å². The largest absolute Gasteiger partial charge is 0.494 e. The third-order valence-electron chi connectivity index (χ3n) is 13.4. The molecule has 4 aliphatic rings. The molecule has 5 amide bonds. The summed E-state index contributed by atoms with van der Waals surface area (Å²) in [6.45, 7) is 10.6. The van der Waals surface area contributed by atoms with Gasteiger partial charge in [0.25, 0.3) is 11.8 Å². The van der Waals surface area contributed by atoms with Crippen molar-refractivity contribution in [3.63, 3.8) is 0 Å². The van der Waals surface area contributed by atoms with E-state index in [2.05, 4.69) is 65.1 Å². The lowest BCUT2D eigenvalue weighted by Crippen LogP contribution is -2.54. The highest BCUT2D eigenvalue weighted by atomic mass is 19.1. The molecule has 5 aromatic rings. The first-order chi connectivity index (χ1) is 32.4. The van der Waals surface area contributed by atoms with Gasteiger partial charge in [-0.15, -0.1) is 0 Å². The van der Waals surface area contributed by atoms with Crippen LogP contribution in [0.4, 0.5) is 33.1 Å². The number of benzene rings is 3. The highest BCUT2D eigenvalue weighted by Gasteiger charge is 2.45. The number of nitrogens with one attached hydrogen (secondary N) is 3. The number of hydrogen-bond acceptors (Lipinski definition) is 13. The van der Waals surface area contributed by atoms with Gasteiger partial charge in [0.05, 0.1) is 46.7 Å². The zero-order chi connectivity index (χ0) is 46.9. The molecule has 18 heteroatoms. The number of likely N-dealkylation sites (N-methyl/N-ethyl adjacent to an activating group) is 1. The molecule has 3 N–H and O–H groups in total. The summed E-state index contributed by atoms with van der Waals surface area (Å²) in [6, 6.07) is 15.2. The molecule has 0 bridgehead atoms. The molecule has 1 atom stereocenters. The lowest BCUT2D eigenvalue weighted by molar-refractivity contribution is -0.136. The van der Waals surface area contributed by atoms with Crippen LogP contribution in [0, 0.1) is 11.7 Å². The summed E-state index contributed by atoms with van der Waals surface area (Å²) in [7, 11) is 5.61. The van der Waals surface area contributed by atoms with Crippen LogP contribution in [-0.2, 0) is 21.4 Å². The first-order valence-corrected chi connectivity index (χ1v) is 22.6. The number of piperazine rings is 1. The Balaban J connectivity index is 0.780. The maximum Gasteiger partial charge on any atom is 0.262 e. The summed E-state index contributed by atoms with van der Waals surface area (Å²) in [6.07, 6.45) is 7.15. The van der Waals surface area contributed by atoms with Crippen LogP contribution in [-0.4, -0.2) is 138 Å². The number of amides is 5. The molecule has 3 saturated heterocycles. The molecule has 3 aromatic carbocycles. The molecule has 1 unspecified atom stereocenters. The highest BCUT2D eigenvalue weighted by molar-refractivity contribution is 6.23. The summed E-state index contributed by atoms with van der Waals surface area (Å²) < 4.78 is 23.5. The normalized spacial score (nSPS) is 18.3. The van der Waals surface area contributed by atoms with Gasteiger partial charge >= 0.3 is 0 Å². The number of methoxy groups -OCH3 is 1. The third kappa shape index (κ3) is 9.18. The maximum absolute atomic E-state index is 15.5. The van der Waals surface area contributed by atoms with Gasteiger partial charge in [0.15, 0.2) is 0 Å². The molecule has 4 aliphatic heterocycles. The van der Waals surface area contributed by atoms with Gasteiger partial charge in [0.1, 0.15) is 17.6 Å². The van der Waals surface area contributed by atoms with Crippen LogP contribution in [0.3, 0.4) is 0 Å². The Morgan fingerprint density at radius 1 is 0.940 bits per heavy atom. The number of fused-ring (bicyclic) bond motifs is 2. The molecule has 6 heterocycles. The first-order valence-electron chi connectivity index (χ1n) is 22.6.